The number of rotatable bonds is 3. The first-order valence-electron chi connectivity index (χ1n) is 4.82. The minimum atomic E-state index is 0.0478. The van der Waals surface area contributed by atoms with E-state index < -0.39 is 0 Å². The van der Waals surface area contributed by atoms with Crippen LogP contribution in [-0.2, 0) is 0 Å². The lowest BCUT2D eigenvalue weighted by Crippen LogP contribution is -1.83. The Bertz CT molecular complexity index is 519. The standard InChI is InChI=1S/C12H11NO2S/c1-8(14)11-7-13-12(16-11)9-4-3-5-10(6-9)15-2/h3-7H,1-2H3. The van der Waals surface area contributed by atoms with Gasteiger partial charge in [-0.1, -0.05) is 12.1 Å². The van der Waals surface area contributed by atoms with Gasteiger partial charge in [0.1, 0.15) is 10.8 Å². The minimum Gasteiger partial charge on any atom is -0.497 e. The number of benzene rings is 1. The molecule has 1 aromatic carbocycles. The monoisotopic (exact) mass is 233 g/mol. The predicted molar refractivity (Wildman–Crippen MR) is 64.1 cm³/mol. The quantitative estimate of drug-likeness (QED) is 0.765. The summed E-state index contributed by atoms with van der Waals surface area (Å²) in [6, 6.07) is 7.64. The average Bonchev–Trinajstić information content (AvgIpc) is 2.78. The molecule has 0 bridgehead atoms. The maximum Gasteiger partial charge on any atom is 0.171 e. The highest BCUT2D eigenvalue weighted by Crippen LogP contribution is 2.27. The SMILES string of the molecule is COc1cccc(-c2ncc(C(C)=O)s2)c1. The fraction of sp³-hybridized carbons (Fsp3) is 0.167. The molecule has 0 saturated carbocycles. The van der Waals surface area contributed by atoms with Crippen molar-refractivity contribution in [2.75, 3.05) is 7.11 Å². The van der Waals surface area contributed by atoms with Gasteiger partial charge in [-0.2, -0.15) is 0 Å². The molecule has 2 aromatic rings. The van der Waals surface area contributed by atoms with Gasteiger partial charge in [0, 0.05) is 18.7 Å². The Balaban J connectivity index is 2.38. The van der Waals surface area contributed by atoms with Crippen LogP contribution in [0.25, 0.3) is 10.6 Å². The van der Waals surface area contributed by atoms with Gasteiger partial charge in [-0.3, -0.25) is 4.79 Å². The van der Waals surface area contributed by atoms with Crippen molar-refractivity contribution in [2.45, 2.75) is 6.92 Å². The van der Waals surface area contributed by atoms with E-state index in [4.69, 9.17) is 4.74 Å². The molecule has 82 valence electrons. The molecule has 1 heterocycles. The van der Waals surface area contributed by atoms with Crippen molar-refractivity contribution in [2.24, 2.45) is 0 Å². The van der Waals surface area contributed by atoms with Crippen molar-refractivity contribution >= 4 is 17.1 Å². The number of thiazole rings is 1. The second kappa shape index (κ2) is 4.45. The van der Waals surface area contributed by atoms with Crippen LogP contribution in [0, 0.1) is 0 Å². The molecule has 2 rings (SSSR count). The van der Waals surface area contributed by atoms with Crippen LogP contribution in [0.15, 0.2) is 30.5 Å². The highest BCUT2D eigenvalue weighted by atomic mass is 32.1. The Morgan fingerprint density at radius 3 is 2.88 bits per heavy atom. The first-order valence-corrected chi connectivity index (χ1v) is 5.63. The van der Waals surface area contributed by atoms with Crippen LogP contribution in [0.5, 0.6) is 5.75 Å². The lowest BCUT2D eigenvalue weighted by atomic mass is 10.2. The highest BCUT2D eigenvalue weighted by molar-refractivity contribution is 7.16. The Hall–Kier alpha value is -1.68. The third-order valence-corrected chi connectivity index (χ3v) is 3.32. The topological polar surface area (TPSA) is 39.2 Å². The van der Waals surface area contributed by atoms with E-state index in [0.717, 1.165) is 16.3 Å². The molecule has 0 aliphatic carbocycles. The number of methoxy groups -OCH3 is 1. The summed E-state index contributed by atoms with van der Waals surface area (Å²) in [7, 11) is 1.63. The Morgan fingerprint density at radius 2 is 2.25 bits per heavy atom. The molecule has 0 aliphatic heterocycles. The van der Waals surface area contributed by atoms with Crippen LogP contribution in [0.4, 0.5) is 0 Å². The van der Waals surface area contributed by atoms with Crippen LogP contribution >= 0.6 is 11.3 Å². The van der Waals surface area contributed by atoms with Crippen LogP contribution in [0.3, 0.4) is 0 Å². The van der Waals surface area contributed by atoms with E-state index >= 15 is 0 Å². The number of ether oxygens (including phenoxy) is 1. The number of hydrogen-bond donors (Lipinski definition) is 0. The fourth-order valence-corrected chi connectivity index (χ4v) is 2.13. The number of carbonyl (C=O) groups is 1. The van der Waals surface area contributed by atoms with Gasteiger partial charge in [0.15, 0.2) is 5.78 Å². The van der Waals surface area contributed by atoms with Crippen LogP contribution < -0.4 is 4.74 Å². The van der Waals surface area contributed by atoms with Gasteiger partial charge in [-0.25, -0.2) is 4.98 Å². The second-order valence-electron chi connectivity index (χ2n) is 3.32. The summed E-state index contributed by atoms with van der Waals surface area (Å²) in [5.74, 6) is 0.837. The molecule has 0 unspecified atom stereocenters. The van der Waals surface area contributed by atoms with Gasteiger partial charge in [-0.15, -0.1) is 11.3 Å². The smallest absolute Gasteiger partial charge is 0.171 e. The summed E-state index contributed by atoms with van der Waals surface area (Å²) in [6.07, 6.45) is 1.61. The lowest BCUT2D eigenvalue weighted by Gasteiger charge is -2.00. The van der Waals surface area contributed by atoms with Crippen molar-refractivity contribution in [3.63, 3.8) is 0 Å². The van der Waals surface area contributed by atoms with E-state index in [1.807, 2.05) is 24.3 Å². The summed E-state index contributed by atoms with van der Waals surface area (Å²) < 4.78 is 5.14. The van der Waals surface area contributed by atoms with Gasteiger partial charge in [0.2, 0.25) is 0 Å². The summed E-state index contributed by atoms with van der Waals surface area (Å²) >= 11 is 1.40. The zero-order chi connectivity index (χ0) is 11.5. The largest absolute Gasteiger partial charge is 0.497 e. The second-order valence-corrected chi connectivity index (χ2v) is 4.35. The van der Waals surface area contributed by atoms with Gasteiger partial charge in [0.25, 0.3) is 0 Å². The number of aromatic nitrogens is 1. The van der Waals surface area contributed by atoms with Crippen LogP contribution in [0.1, 0.15) is 16.6 Å². The Kier molecular flexibility index (Phi) is 3.01. The van der Waals surface area contributed by atoms with Crippen LogP contribution in [0.2, 0.25) is 0 Å². The molecule has 0 fully saturated rings. The molecule has 0 atom stereocenters. The average molecular weight is 233 g/mol. The van der Waals surface area contributed by atoms with Crippen molar-refractivity contribution in [1.82, 2.24) is 4.98 Å². The summed E-state index contributed by atoms with van der Waals surface area (Å²) in [5, 5.41) is 0.837. The number of ketones is 1. The van der Waals surface area contributed by atoms with E-state index in [2.05, 4.69) is 4.98 Å². The summed E-state index contributed by atoms with van der Waals surface area (Å²) in [4.78, 5) is 16.1. The molecule has 16 heavy (non-hydrogen) atoms. The van der Waals surface area contributed by atoms with E-state index in [-0.39, 0.29) is 5.78 Å². The Labute approximate surface area is 97.7 Å². The molecule has 0 radical (unpaired) electrons. The van der Waals surface area contributed by atoms with E-state index in [1.165, 1.54) is 11.3 Å². The lowest BCUT2D eigenvalue weighted by molar-refractivity contribution is 0.102. The third kappa shape index (κ3) is 2.12. The highest BCUT2D eigenvalue weighted by Gasteiger charge is 2.08. The molecule has 3 nitrogen and oxygen atoms in total. The molecule has 0 amide bonds. The third-order valence-electron chi connectivity index (χ3n) is 2.17. The normalized spacial score (nSPS) is 10.1. The van der Waals surface area contributed by atoms with Gasteiger partial charge in [0.05, 0.1) is 12.0 Å². The number of hydrogen-bond acceptors (Lipinski definition) is 4. The molecular weight excluding hydrogens is 222 g/mol. The van der Waals surface area contributed by atoms with E-state index in [1.54, 1.807) is 20.2 Å². The molecule has 0 N–H and O–H groups in total. The van der Waals surface area contributed by atoms with Crippen molar-refractivity contribution in [3.8, 4) is 16.3 Å². The van der Waals surface area contributed by atoms with E-state index in [9.17, 15) is 4.79 Å². The van der Waals surface area contributed by atoms with Crippen molar-refractivity contribution in [1.29, 1.82) is 0 Å². The summed E-state index contributed by atoms with van der Waals surface area (Å²) in [5.41, 5.74) is 0.969. The van der Waals surface area contributed by atoms with Crippen molar-refractivity contribution in [3.05, 3.63) is 35.3 Å². The van der Waals surface area contributed by atoms with Gasteiger partial charge >= 0.3 is 0 Å². The molecule has 0 spiro atoms. The maximum atomic E-state index is 11.2. The fourth-order valence-electron chi connectivity index (χ4n) is 1.33. The molecule has 1 aromatic heterocycles. The zero-order valence-electron chi connectivity index (χ0n) is 9.06. The number of carbonyl (C=O) groups excluding carboxylic acids is 1. The van der Waals surface area contributed by atoms with Gasteiger partial charge in [-0.05, 0) is 12.1 Å². The number of Topliss-reactive ketones (excluding diaryl/α,β-unsaturated/α-hetero) is 1. The first kappa shape index (κ1) is 10.8. The molecule has 0 aliphatic rings. The minimum absolute atomic E-state index is 0.0478. The Morgan fingerprint density at radius 1 is 1.44 bits per heavy atom. The van der Waals surface area contributed by atoms with Gasteiger partial charge < -0.3 is 4.74 Å². The zero-order valence-corrected chi connectivity index (χ0v) is 9.88. The number of nitrogens with zero attached hydrogens (tertiary/aromatic N) is 1. The molecule has 4 heteroatoms. The predicted octanol–water partition coefficient (Wildman–Crippen LogP) is 3.02. The molecular formula is C12H11NO2S. The maximum absolute atomic E-state index is 11.2. The molecule has 0 saturated heterocycles. The van der Waals surface area contributed by atoms with Crippen molar-refractivity contribution < 1.29 is 9.53 Å². The summed E-state index contributed by atoms with van der Waals surface area (Å²) in [6.45, 7) is 1.54. The van der Waals surface area contributed by atoms with Crippen LogP contribution in [-0.4, -0.2) is 17.9 Å². The van der Waals surface area contributed by atoms with E-state index in [0.29, 0.717) is 4.88 Å². The first-order chi connectivity index (χ1) is 7.70.